The van der Waals surface area contributed by atoms with Crippen molar-refractivity contribution in [2.24, 2.45) is 0 Å². The monoisotopic (exact) mass is 184 g/mol. The van der Waals surface area contributed by atoms with Gasteiger partial charge in [-0.3, -0.25) is 0 Å². The van der Waals surface area contributed by atoms with Crippen LogP contribution in [0.1, 0.15) is 19.4 Å². The number of hydrogen-bond acceptors (Lipinski definition) is 2. The highest BCUT2D eigenvalue weighted by molar-refractivity contribution is 8.76. The van der Waals surface area contributed by atoms with Crippen LogP contribution in [0.4, 0.5) is 0 Å². The van der Waals surface area contributed by atoms with Gasteiger partial charge in [-0.05, 0) is 11.6 Å². The SMILES string of the molecule is CC.c1ccc2c(c1)CSS2. The summed E-state index contributed by atoms with van der Waals surface area (Å²) in [4.78, 5) is 1.45. The van der Waals surface area contributed by atoms with Crippen molar-refractivity contribution in [1.29, 1.82) is 0 Å². The van der Waals surface area contributed by atoms with E-state index in [9.17, 15) is 0 Å². The summed E-state index contributed by atoms with van der Waals surface area (Å²) in [5.74, 6) is 1.18. The van der Waals surface area contributed by atoms with E-state index in [2.05, 4.69) is 24.3 Å². The molecule has 0 saturated carbocycles. The molecule has 0 N–H and O–H groups in total. The van der Waals surface area contributed by atoms with Crippen LogP contribution in [-0.4, -0.2) is 0 Å². The summed E-state index contributed by atoms with van der Waals surface area (Å²) in [6.07, 6.45) is 0. The molecular formula is C9H12S2. The first-order valence-corrected chi connectivity index (χ1v) is 6.16. The highest BCUT2D eigenvalue weighted by Gasteiger charge is 2.09. The van der Waals surface area contributed by atoms with E-state index in [-0.39, 0.29) is 0 Å². The van der Waals surface area contributed by atoms with Gasteiger partial charge in [-0.2, -0.15) is 0 Å². The van der Waals surface area contributed by atoms with Crippen molar-refractivity contribution in [3.63, 3.8) is 0 Å². The molecule has 0 spiro atoms. The molecule has 0 amide bonds. The topological polar surface area (TPSA) is 0 Å². The molecule has 0 bridgehead atoms. The molecule has 0 saturated heterocycles. The van der Waals surface area contributed by atoms with Crippen molar-refractivity contribution in [3.8, 4) is 0 Å². The maximum absolute atomic E-state index is 2.20. The van der Waals surface area contributed by atoms with Gasteiger partial charge in [-0.25, -0.2) is 0 Å². The largest absolute Gasteiger partial charge is 0.0841 e. The highest BCUT2D eigenvalue weighted by Crippen LogP contribution is 2.43. The van der Waals surface area contributed by atoms with Gasteiger partial charge in [0.25, 0.3) is 0 Å². The van der Waals surface area contributed by atoms with E-state index in [4.69, 9.17) is 0 Å². The molecule has 1 aromatic rings. The number of rotatable bonds is 0. The first kappa shape index (κ1) is 9.01. The van der Waals surface area contributed by atoms with Gasteiger partial charge in [0.05, 0.1) is 0 Å². The lowest BCUT2D eigenvalue weighted by molar-refractivity contribution is 1.29. The van der Waals surface area contributed by atoms with Crippen LogP contribution in [0.5, 0.6) is 0 Å². The molecule has 60 valence electrons. The maximum atomic E-state index is 2.20. The quantitative estimate of drug-likeness (QED) is 0.560. The highest BCUT2D eigenvalue weighted by atomic mass is 33.1. The van der Waals surface area contributed by atoms with Gasteiger partial charge in [0, 0.05) is 10.6 Å². The van der Waals surface area contributed by atoms with Gasteiger partial charge in [0.2, 0.25) is 0 Å². The number of hydrogen-bond donors (Lipinski definition) is 0. The summed E-state index contributed by atoms with van der Waals surface area (Å²) in [6, 6.07) is 8.57. The summed E-state index contributed by atoms with van der Waals surface area (Å²) in [6.45, 7) is 4.00. The molecule has 0 aromatic heterocycles. The Hall–Kier alpha value is -0.0800. The van der Waals surface area contributed by atoms with E-state index >= 15 is 0 Å². The van der Waals surface area contributed by atoms with Crippen LogP contribution in [0.3, 0.4) is 0 Å². The standard InChI is InChI=1S/C7H6S2.C2H6/c1-2-4-7-6(3-1)5-8-9-7;1-2/h1-4H,5H2;1-2H3. The lowest BCUT2D eigenvalue weighted by Crippen LogP contribution is -1.73. The zero-order chi connectivity index (χ0) is 8.10. The molecule has 0 radical (unpaired) electrons. The van der Waals surface area contributed by atoms with E-state index < -0.39 is 0 Å². The van der Waals surface area contributed by atoms with Crippen LogP contribution < -0.4 is 0 Å². The Kier molecular flexibility index (Phi) is 3.87. The Bertz CT molecular complexity index is 198. The van der Waals surface area contributed by atoms with Crippen LogP contribution in [0.15, 0.2) is 29.2 Å². The molecular weight excluding hydrogens is 172 g/mol. The van der Waals surface area contributed by atoms with Crippen molar-refractivity contribution < 1.29 is 0 Å². The van der Waals surface area contributed by atoms with Crippen LogP contribution in [0.2, 0.25) is 0 Å². The van der Waals surface area contributed by atoms with Gasteiger partial charge < -0.3 is 0 Å². The Balaban J connectivity index is 0.000000281. The van der Waals surface area contributed by atoms with Crippen molar-refractivity contribution in [3.05, 3.63) is 29.8 Å². The number of benzene rings is 1. The lowest BCUT2D eigenvalue weighted by atomic mass is 10.2. The predicted molar refractivity (Wildman–Crippen MR) is 54.9 cm³/mol. The first-order valence-electron chi connectivity index (χ1n) is 3.84. The second-order valence-corrected chi connectivity index (χ2v) is 4.29. The Labute approximate surface area is 76.2 Å². The molecule has 0 unspecified atom stereocenters. The maximum Gasteiger partial charge on any atom is 0.0303 e. The van der Waals surface area contributed by atoms with Crippen LogP contribution in [0, 0.1) is 0 Å². The van der Waals surface area contributed by atoms with E-state index in [1.54, 1.807) is 0 Å². The Morgan fingerprint density at radius 3 is 2.64 bits per heavy atom. The van der Waals surface area contributed by atoms with E-state index in [0.717, 1.165) is 0 Å². The van der Waals surface area contributed by atoms with Crippen LogP contribution in [0.25, 0.3) is 0 Å². The summed E-state index contributed by atoms with van der Waals surface area (Å²) in [5, 5.41) is 0. The molecule has 0 fully saturated rings. The summed E-state index contributed by atoms with van der Waals surface area (Å²) >= 11 is 0. The smallest absolute Gasteiger partial charge is 0.0303 e. The lowest BCUT2D eigenvalue weighted by Gasteiger charge is -1.90. The molecule has 1 aliphatic rings. The van der Waals surface area contributed by atoms with E-state index in [1.165, 1.54) is 16.2 Å². The molecule has 0 aliphatic carbocycles. The molecule has 0 atom stereocenters. The van der Waals surface area contributed by atoms with E-state index in [0.29, 0.717) is 0 Å². The van der Waals surface area contributed by atoms with Gasteiger partial charge in [-0.1, -0.05) is 53.6 Å². The minimum atomic E-state index is 1.18. The zero-order valence-electron chi connectivity index (χ0n) is 6.83. The zero-order valence-corrected chi connectivity index (χ0v) is 8.47. The number of fused-ring (bicyclic) bond motifs is 1. The van der Waals surface area contributed by atoms with Gasteiger partial charge in [0.1, 0.15) is 0 Å². The van der Waals surface area contributed by atoms with Gasteiger partial charge >= 0.3 is 0 Å². The Morgan fingerprint density at radius 1 is 1.18 bits per heavy atom. The summed E-state index contributed by atoms with van der Waals surface area (Å²) < 4.78 is 0. The molecule has 1 aliphatic heterocycles. The average Bonchev–Trinajstić information content (AvgIpc) is 2.55. The Morgan fingerprint density at radius 2 is 1.91 bits per heavy atom. The van der Waals surface area contributed by atoms with Crippen molar-refractivity contribution in [2.45, 2.75) is 24.5 Å². The van der Waals surface area contributed by atoms with E-state index in [1.807, 2.05) is 35.4 Å². The van der Waals surface area contributed by atoms with Gasteiger partial charge in [-0.15, -0.1) is 0 Å². The normalized spacial score (nSPS) is 13.3. The van der Waals surface area contributed by atoms with Gasteiger partial charge in [0.15, 0.2) is 0 Å². The third kappa shape index (κ3) is 2.17. The fourth-order valence-electron chi connectivity index (χ4n) is 0.861. The third-order valence-corrected chi connectivity index (χ3v) is 3.71. The summed E-state index contributed by atoms with van der Waals surface area (Å²) in [7, 11) is 3.80. The minimum Gasteiger partial charge on any atom is -0.0841 e. The van der Waals surface area contributed by atoms with Crippen LogP contribution >= 0.6 is 21.6 Å². The van der Waals surface area contributed by atoms with Crippen molar-refractivity contribution in [2.75, 3.05) is 0 Å². The van der Waals surface area contributed by atoms with Crippen molar-refractivity contribution >= 4 is 21.6 Å². The minimum absolute atomic E-state index is 1.18. The molecule has 1 aromatic carbocycles. The summed E-state index contributed by atoms with van der Waals surface area (Å²) in [5.41, 5.74) is 1.49. The molecule has 2 rings (SSSR count). The molecule has 0 nitrogen and oxygen atoms in total. The molecule has 2 heteroatoms. The predicted octanol–water partition coefficient (Wildman–Crippen LogP) is 3.97. The fourth-order valence-corrected chi connectivity index (χ4v) is 3.32. The molecule has 11 heavy (non-hydrogen) atoms. The fraction of sp³-hybridized carbons (Fsp3) is 0.333. The van der Waals surface area contributed by atoms with Crippen LogP contribution in [-0.2, 0) is 5.75 Å². The average molecular weight is 184 g/mol. The second-order valence-electron chi connectivity index (χ2n) is 1.95. The van der Waals surface area contributed by atoms with Crippen molar-refractivity contribution in [1.82, 2.24) is 0 Å². The molecule has 1 heterocycles. The third-order valence-electron chi connectivity index (χ3n) is 1.34. The first-order chi connectivity index (χ1) is 5.47. The second kappa shape index (κ2) is 4.73.